The van der Waals surface area contributed by atoms with E-state index in [1.54, 1.807) is 32.0 Å². The summed E-state index contributed by atoms with van der Waals surface area (Å²) >= 11 is 0. The van der Waals surface area contributed by atoms with Crippen molar-refractivity contribution in [2.24, 2.45) is 5.92 Å². The summed E-state index contributed by atoms with van der Waals surface area (Å²) in [6.45, 7) is 8.56. The van der Waals surface area contributed by atoms with Crippen molar-refractivity contribution in [1.82, 2.24) is 15.4 Å². The highest BCUT2D eigenvalue weighted by Gasteiger charge is 2.27. The highest BCUT2D eigenvalue weighted by molar-refractivity contribution is 7.92. The normalized spacial score (nSPS) is 22.7. The van der Waals surface area contributed by atoms with Gasteiger partial charge in [0.1, 0.15) is 18.1 Å². The van der Waals surface area contributed by atoms with Crippen molar-refractivity contribution in [3.05, 3.63) is 35.2 Å². The Hall–Kier alpha value is -2.63. The average Bonchev–Trinajstić information content (AvgIpc) is 3.11. The quantitative estimate of drug-likeness (QED) is 0.683. The van der Waals surface area contributed by atoms with Crippen LogP contribution in [-0.4, -0.2) is 70.4 Å². The zero-order valence-corrected chi connectivity index (χ0v) is 20.7. The topological polar surface area (TPSA) is 123 Å². The first-order valence-corrected chi connectivity index (χ1v) is 12.3. The molecule has 182 valence electrons. The summed E-state index contributed by atoms with van der Waals surface area (Å²) in [5.74, 6) is 0.441. The van der Waals surface area contributed by atoms with Crippen LogP contribution in [0.1, 0.15) is 35.7 Å². The lowest BCUT2D eigenvalue weighted by Gasteiger charge is -2.30. The molecule has 0 radical (unpaired) electrons. The molecule has 1 aromatic heterocycles. The van der Waals surface area contributed by atoms with Gasteiger partial charge in [-0.05, 0) is 38.8 Å². The van der Waals surface area contributed by atoms with E-state index in [9.17, 15) is 13.2 Å². The first-order valence-electron chi connectivity index (χ1n) is 10.8. The van der Waals surface area contributed by atoms with E-state index in [1.807, 2.05) is 6.92 Å². The maximum atomic E-state index is 13.2. The summed E-state index contributed by atoms with van der Waals surface area (Å²) in [5.41, 5.74) is 0.870. The summed E-state index contributed by atoms with van der Waals surface area (Å²) < 4.78 is 44.9. The fourth-order valence-corrected chi connectivity index (χ4v) is 5.17. The number of hydrogen-bond acceptors (Lipinski definition) is 8. The summed E-state index contributed by atoms with van der Waals surface area (Å²) in [5, 5.41) is 7.13. The smallest absolute Gasteiger partial charge is 0.267 e. The molecule has 1 aromatic carbocycles. The molecule has 0 fully saturated rings. The number of hydrogen-bond donors (Lipinski definition) is 2. The van der Waals surface area contributed by atoms with Gasteiger partial charge in [-0.25, -0.2) is 8.42 Å². The first kappa shape index (κ1) is 25.0. The number of fused-ring (bicyclic) bond motifs is 1. The number of nitrogens with one attached hydrogen (secondary N) is 2. The van der Waals surface area contributed by atoms with Gasteiger partial charge in [0.25, 0.3) is 15.9 Å². The van der Waals surface area contributed by atoms with E-state index in [1.165, 1.54) is 19.1 Å². The zero-order chi connectivity index (χ0) is 24.3. The third-order valence-corrected chi connectivity index (χ3v) is 7.34. The number of likely N-dealkylation sites (N-methyl/N-ethyl adjacent to an activating group) is 1. The van der Waals surface area contributed by atoms with E-state index in [2.05, 4.69) is 22.1 Å². The van der Waals surface area contributed by atoms with Crippen molar-refractivity contribution in [2.75, 3.05) is 38.6 Å². The molecular weight excluding hydrogens is 448 g/mol. The van der Waals surface area contributed by atoms with E-state index in [-0.39, 0.29) is 46.0 Å². The number of amides is 1. The molecule has 33 heavy (non-hydrogen) atoms. The van der Waals surface area contributed by atoms with Crippen LogP contribution in [0.5, 0.6) is 5.75 Å². The molecular formula is C22H32N4O6S. The van der Waals surface area contributed by atoms with Crippen LogP contribution in [0.2, 0.25) is 0 Å². The van der Waals surface area contributed by atoms with Gasteiger partial charge in [0.05, 0.1) is 17.4 Å². The summed E-state index contributed by atoms with van der Waals surface area (Å²) in [7, 11) is -0.585. The number of nitrogens with zero attached hydrogens (tertiary/aromatic N) is 2. The number of aromatic nitrogens is 1. The van der Waals surface area contributed by atoms with E-state index in [0.29, 0.717) is 31.0 Å². The number of anilines is 1. The van der Waals surface area contributed by atoms with Gasteiger partial charge in [-0.1, -0.05) is 12.1 Å². The predicted octanol–water partition coefficient (Wildman–Crippen LogP) is 2.19. The standard InChI is InChI=1S/C22H32N4O6S/c1-13-10-23-14(2)12-31-19-9-17(25-33(28,29)21-15(3)24-32-16(21)4)7-8-18(19)22(27)26(5)11-20(13)30-6/h7-9,13-14,20,23,25H,10-12H2,1-6H3/t13-,14-,20-/m0/s1. The lowest BCUT2D eigenvalue weighted by Crippen LogP contribution is -2.44. The number of benzene rings is 1. The Morgan fingerprint density at radius 3 is 2.64 bits per heavy atom. The number of ether oxygens (including phenoxy) is 2. The molecule has 1 aliphatic heterocycles. The van der Waals surface area contributed by atoms with E-state index < -0.39 is 10.0 Å². The lowest BCUT2D eigenvalue weighted by molar-refractivity contribution is 0.0281. The van der Waals surface area contributed by atoms with Crippen molar-refractivity contribution in [1.29, 1.82) is 0 Å². The Balaban J connectivity index is 1.94. The molecule has 0 unspecified atom stereocenters. The minimum absolute atomic E-state index is 0.00714. The molecule has 0 saturated heterocycles. The van der Waals surface area contributed by atoms with E-state index >= 15 is 0 Å². The fourth-order valence-electron chi connectivity index (χ4n) is 3.78. The zero-order valence-electron chi connectivity index (χ0n) is 19.8. The minimum atomic E-state index is -3.94. The Morgan fingerprint density at radius 2 is 2.00 bits per heavy atom. The van der Waals surface area contributed by atoms with Crippen LogP contribution in [0, 0.1) is 19.8 Å². The van der Waals surface area contributed by atoms with Crippen molar-refractivity contribution < 1.29 is 27.2 Å². The fraction of sp³-hybridized carbons (Fsp3) is 0.545. The van der Waals surface area contributed by atoms with Gasteiger partial charge < -0.3 is 24.2 Å². The van der Waals surface area contributed by atoms with Crippen molar-refractivity contribution in [2.45, 2.75) is 44.7 Å². The molecule has 0 spiro atoms. The number of aryl methyl sites for hydroxylation is 2. The Labute approximate surface area is 194 Å². The SMILES string of the molecule is CO[C@H]1CN(C)C(=O)c2ccc(NS(=O)(=O)c3c(C)noc3C)cc2OC[C@H](C)NC[C@@H]1C. The molecule has 0 saturated carbocycles. The molecule has 3 atom stereocenters. The van der Waals surface area contributed by atoms with E-state index in [4.69, 9.17) is 14.0 Å². The third kappa shape index (κ3) is 5.66. The van der Waals surface area contributed by atoms with Crippen LogP contribution in [-0.2, 0) is 14.8 Å². The molecule has 1 amide bonds. The number of sulfonamides is 1. The lowest BCUT2D eigenvalue weighted by atomic mass is 10.0. The first-order chi connectivity index (χ1) is 15.5. The molecule has 2 heterocycles. The summed E-state index contributed by atoms with van der Waals surface area (Å²) in [6.07, 6.45) is -0.136. The van der Waals surface area contributed by atoms with Gasteiger partial charge in [-0.2, -0.15) is 0 Å². The molecule has 11 heteroatoms. The highest BCUT2D eigenvalue weighted by Crippen LogP contribution is 2.28. The maximum absolute atomic E-state index is 13.2. The van der Waals surface area contributed by atoms with Crippen LogP contribution in [0.3, 0.4) is 0 Å². The van der Waals surface area contributed by atoms with Gasteiger partial charge in [-0.3, -0.25) is 9.52 Å². The van der Waals surface area contributed by atoms with Crippen LogP contribution in [0.4, 0.5) is 5.69 Å². The number of methoxy groups -OCH3 is 1. The van der Waals surface area contributed by atoms with Gasteiger partial charge in [-0.15, -0.1) is 0 Å². The second kappa shape index (κ2) is 10.1. The Bertz CT molecular complexity index is 1080. The van der Waals surface area contributed by atoms with Gasteiger partial charge in [0.15, 0.2) is 10.7 Å². The largest absolute Gasteiger partial charge is 0.491 e. The Kier molecular flexibility index (Phi) is 7.65. The average molecular weight is 481 g/mol. The molecule has 0 aliphatic carbocycles. The molecule has 3 rings (SSSR count). The molecule has 0 bridgehead atoms. The second-order valence-electron chi connectivity index (χ2n) is 8.53. The molecule has 2 N–H and O–H groups in total. The highest BCUT2D eigenvalue weighted by atomic mass is 32.2. The number of carbonyl (C=O) groups is 1. The Morgan fingerprint density at radius 1 is 1.27 bits per heavy atom. The van der Waals surface area contributed by atoms with Crippen LogP contribution in [0.15, 0.2) is 27.6 Å². The van der Waals surface area contributed by atoms with Gasteiger partial charge >= 0.3 is 0 Å². The van der Waals surface area contributed by atoms with Crippen LogP contribution < -0.4 is 14.8 Å². The maximum Gasteiger partial charge on any atom is 0.267 e. The van der Waals surface area contributed by atoms with Crippen molar-refractivity contribution in [3.63, 3.8) is 0 Å². The molecule has 10 nitrogen and oxygen atoms in total. The van der Waals surface area contributed by atoms with Crippen molar-refractivity contribution in [3.8, 4) is 5.75 Å². The minimum Gasteiger partial charge on any atom is -0.491 e. The van der Waals surface area contributed by atoms with Gasteiger partial charge in [0, 0.05) is 39.4 Å². The monoisotopic (exact) mass is 480 g/mol. The van der Waals surface area contributed by atoms with Crippen LogP contribution in [0.25, 0.3) is 0 Å². The van der Waals surface area contributed by atoms with E-state index in [0.717, 1.165) is 0 Å². The van der Waals surface area contributed by atoms with Crippen molar-refractivity contribution >= 4 is 21.6 Å². The number of rotatable bonds is 4. The molecule has 1 aliphatic rings. The summed E-state index contributed by atoms with van der Waals surface area (Å²) in [6, 6.07) is 4.63. The molecule has 2 aromatic rings. The van der Waals surface area contributed by atoms with Crippen LogP contribution >= 0.6 is 0 Å². The predicted molar refractivity (Wildman–Crippen MR) is 123 cm³/mol. The summed E-state index contributed by atoms with van der Waals surface area (Å²) in [4.78, 5) is 14.8. The second-order valence-corrected chi connectivity index (χ2v) is 10.1. The third-order valence-electron chi connectivity index (χ3n) is 5.72. The number of carbonyl (C=O) groups excluding carboxylic acids is 1. The van der Waals surface area contributed by atoms with Gasteiger partial charge in [0.2, 0.25) is 0 Å².